The summed E-state index contributed by atoms with van der Waals surface area (Å²) in [5.41, 5.74) is 7.74. The molecule has 2 aromatic rings. The molecule has 0 spiro atoms. The maximum atomic E-state index is 11.9. The number of rotatable bonds is 5. The van der Waals surface area contributed by atoms with E-state index in [-0.39, 0.29) is 30.6 Å². The van der Waals surface area contributed by atoms with Crippen LogP contribution in [-0.4, -0.2) is 21.8 Å². The number of hydrogen-bond acceptors (Lipinski definition) is 3. The number of Topliss-reactive ketones (excluding diaryl/α,β-unsaturated/α-hetero) is 1. The Morgan fingerprint density at radius 1 is 1.26 bits per heavy atom. The molecule has 0 aliphatic carbocycles. The summed E-state index contributed by atoms with van der Waals surface area (Å²) in [6, 6.07) is 9.15. The van der Waals surface area contributed by atoms with Gasteiger partial charge in [-0.3, -0.25) is 4.79 Å². The van der Waals surface area contributed by atoms with Gasteiger partial charge in [-0.15, -0.1) is 24.8 Å². The number of hydrogen-bond donors (Lipinski definition) is 2. The van der Waals surface area contributed by atoms with Crippen molar-refractivity contribution in [2.75, 3.05) is 0 Å². The molecule has 104 valence electrons. The summed E-state index contributed by atoms with van der Waals surface area (Å²) in [6.45, 7) is 0. The van der Waals surface area contributed by atoms with Gasteiger partial charge < -0.3 is 10.7 Å². The Hall–Kier alpha value is -1.36. The van der Waals surface area contributed by atoms with Crippen LogP contribution in [0.25, 0.3) is 0 Å². The highest BCUT2D eigenvalue weighted by Gasteiger charge is 2.14. The second-order valence-corrected chi connectivity index (χ2v) is 4.02. The number of H-pyrrole nitrogens is 1. The largest absolute Gasteiger partial charge is 0.348 e. The number of benzene rings is 1. The molecular formula is C13H17Cl2N3O. The number of halogens is 2. The monoisotopic (exact) mass is 301 g/mol. The zero-order valence-electron chi connectivity index (χ0n) is 10.3. The Kier molecular flexibility index (Phi) is 8.07. The molecule has 0 radical (unpaired) electrons. The van der Waals surface area contributed by atoms with E-state index in [0.717, 1.165) is 11.3 Å². The molecule has 2 rings (SSSR count). The van der Waals surface area contributed by atoms with Gasteiger partial charge in [0, 0.05) is 24.7 Å². The van der Waals surface area contributed by atoms with Crippen molar-refractivity contribution in [2.45, 2.75) is 18.9 Å². The Morgan fingerprint density at radius 3 is 2.53 bits per heavy atom. The van der Waals surface area contributed by atoms with E-state index in [1.165, 1.54) is 0 Å². The van der Waals surface area contributed by atoms with Gasteiger partial charge in [-0.2, -0.15) is 0 Å². The summed E-state index contributed by atoms with van der Waals surface area (Å²) >= 11 is 0. The predicted octanol–water partition coefficient (Wildman–Crippen LogP) is 1.93. The van der Waals surface area contributed by atoms with Crippen LogP contribution >= 0.6 is 24.8 Å². The average molecular weight is 302 g/mol. The number of carbonyl (C=O) groups is 1. The number of nitrogens with two attached hydrogens (primary N) is 1. The van der Waals surface area contributed by atoms with Gasteiger partial charge in [0.1, 0.15) is 0 Å². The molecule has 0 fully saturated rings. The summed E-state index contributed by atoms with van der Waals surface area (Å²) in [6.07, 6.45) is 4.17. The van der Waals surface area contributed by atoms with Crippen LogP contribution in [0.3, 0.4) is 0 Å². The minimum absolute atomic E-state index is 0. The Labute approximate surface area is 124 Å². The van der Waals surface area contributed by atoms with Gasteiger partial charge in [-0.1, -0.05) is 30.3 Å². The fourth-order valence-electron chi connectivity index (χ4n) is 1.68. The number of aromatic nitrogens is 2. The fraction of sp³-hybridized carbons (Fsp3) is 0.231. The molecule has 1 atom stereocenters. The van der Waals surface area contributed by atoms with Crippen molar-refractivity contribution in [3.63, 3.8) is 0 Å². The lowest BCUT2D eigenvalue weighted by Gasteiger charge is -2.09. The van der Waals surface area contributed by atoms with Crippen molar-refractivity contribution < 1.29 is 4.79 Å². The molecule has 6 heteroatoms. The summed E-state index contributed by atoms with van der Waals surface area (Å²) in [4.78, 5) is 18.7. The van der Waals surface area contributed by atoms with E-state index in [1.807, 2.05) is 30.3 Å². The normalized spacial score (nSPS) is 11.0. The fourth-order valence-corrected chi connectivity index (χ4v) is 1.68. The third-order valence-electron chi connectivity index (χ3n) is 2.63. The van der Waals surface area contributed by atoms with Gasteiger partial charge in [0.05, 0.1) is 12.4 Å². The van der Waals surface area contributed by atoms with E-state index < -0.39 is 6.04 Å². The zero-order valence-corrected chi connectivity index (χ0v) is 11.9. The second-order valence-electron chi connectivity index (χ2n) is 4.02. The predicted molar refractivity (Wildman–Crippen MR) is 79.9 cm³/mol. The van der Waals surface area contributed by atoms with Crippen molar-refractivity contribution in [3.8, 4) is 0 Å². The number of nitrogens with zero attached hydrogens (tertiary/aromatic N) is 1. The Balaban J connectivity index is 0.00000162. The van der Waals surface area contributed by atoms with Crippen LogP contribution in [0.2, 0.25) is 0 Å². The number of imidazole rings is 1. The molecule has 1 heterocycles. The lowest BCUT2D eigenvalue weighted by molar-refractivity contribution is -0.119. The van der Waals surface area contributed by atoms with Crippen LogP contribution in [0.1, 0.15) is 11.3 Å². The highest BCUT2D eigenvalue weighted by molar-refractivity contribution is 5.86. The standard InChI is InChI=1S/C13H15N3O.2ClH/c14-12(7-11-8-15-9-16-11)13(17)6-10-4-2-1-3-5-10;;/h1-5,8-9,12H,6-7,14H2,(H,15,16);2*1H/t12-;;/m0../s1. The van der Waals surface area contributed by atoms with E-state index in [2.05, 4.69) is 9.97 Å². The maximum Gasteiger partial charge on any atom is 0.154 e. The van der Waals surface area contributed by atoms with Crippen molar-refractivity contribution in [1.29, 1.82) is 0 Å². The highest BCUT2D eigenvalue weighted by atomic mass is 35.5. The topological polar surface area (TPSA) is 71.8 Å². The number of ketones is 1. The van der Waals surface area contributed by atoms with Crippen molar-refractivity contribution in [3.05, 3.63) is 54.1 Å². The quantitative estimate of drug-likeness (QED) is 0.886. The molecule has 0 aliphatic heterocycles. The Bertz CT molecular complexity index is 474. The smallest absolute Gasteiger partial charge is 0.154 e. The minimum Gasteiger partial charge on any atom is -0.348 e. The first kappa shape index (κ1) is 17.6. The van der Waals surface area contributed by atoms with Gasteiger partial charge in [0.25, 0.3) is 0 Å². The zero-order chi connectivity index (χ0) is 12.1. The number of carbonyl (C=O) groups excluding carboxylic acids is 1. The van der Waals surface area contributed by atoms with E-state index in [4.69, 9.17) is 5.73 Å². The van der Waals surface area contributed by atoms with E-state index >= 15 is 0 Å². The van der Waals surface area contributed by atoms with Crippen molar-refractivity contribution in [2.24, 2.45) is 5.73 Å². The van der Waals surface area contributed by atoms with Crippen LogP contribution < -0.4 is 5.73 Å². The van der Waals surface area contributed by atoms with Crippen LogP contribution in [0, 0.1) is 0 Å². The summed E-state index contributed by atoms with van der Waals surface area (Å²) in [5.74, 6) is 0.0470. The first-order valence-corrected chi connectivity index (χ1v) is 5.55. The molecule has 1 aromatic heterocycles. The second kappa shape index (κ2) is 8.69. The molecule has 0 bridgehead atoms. The lowest BCUT2D eigenvalue weighted by atomic mass is 10.0. The molecular weight excluding hydrogens is 285 g/mol. The van der Waals surface area contributed by atoms with E-state index in [1.54, 1.807) is 12.5 Å². The van der Waals surface area contributed by atoms with E-state index in [9.17, 15) is 4.79 Å². The van der Waals surface area contributed by atoms with Crippen molar-refractivity contribution >= 4 is 30.6 Å². The third-order valence-corrected chi connectivity index (χ3v) is 2.63. The molecule has 0 aliphatic rings. The third kappa shape index (κ3) is 5.42. The number of nitrogens with one attached hydrogen (secondary N) is 1. The average Bonchev–Trinajstić information content (AvgIpc) is 2.83. The van der Waals surface area contributed by atoms with Gasteiger partial charge in [0.2, 0.25) is 0 Å². The molecule has 0 unspecified atom stereocenters. The first-order valence-electron chi connectivity index (χ1n) is 5.55. The first-order chi connectivity index (χ1) is 8.25. The summed E-state index contributed by atoms with van der Waals surface area (Å²) < 4.78 is 0. The lowest BCUT2D eigenvalue weighted by Crippen LogP contribution is -2.34. The molecule has 0 saturated carbocycles. The van der Waals surface area contributed by atoms with Gasteiger partial charge in [-0.05, 0) is 5.56 Å². The summed E-state index contributed by atoms with van der Waals surface area (Å²) in [7, 11) is 0. The van der Waals surface area contributed by atoms with Crippen LogP contribution in [0.5, 0.6) is 0 Å². The molecule has 3 N–H and O–H groups in total. The molecule has 1 aromatic carbocycles. The Morgan fingerprint density at radius 2 is 1.95 bits per heavy atom. The number of aromatic amines is 1. The minimum atomic E-state index is -0.476. The molecule has 4 nitrogen and oxygen atoms in total. The summed E-state index contributed by atoms with van der Waals surface area (Å²) in [5, 5.41) is 0. The van der Waals surface area contributed by atoms with Crippen LogP contribution in [-0.2, 0) is 17.6 Å². The van der Waals surface area contributed by atoms with E-state index in [0.29, 0.717) is 12.8 Å². The van der Waals surface area contributed by atoms with Crippen LogP contribution in [0.15, 0.2) is 42.9 Å². The molecule has 19 heavy (non-hydrogen) atoms. The highest BCUT2D eigenvalue weighted by Crippen LogP contribution is 2.04. The van der Waals surface area contributed by atoms with Gasteiger partial charge >= 0.3 is 0 Å². The maximum absolute atomic E-state index is 11.9. The van der Waals surface area contributed by atoms with Gasteiger partial charge in [-0.25, -0.2) is 4.98 Å². The van der Waals surface area contributed by atoms with Crippen LogP contribution in [0.4, 0.5) is 0 Å². The van der Waals surface area contributed by atoms with Crippen molar-refractivity contribution in [1.82, 2.24) is 9.97 Å². The SMILES string of the molecule is Cl.Cl.N[C@@H](Cc1cnc[nH]1)C(=O)Cc1ccccc1. The molecule has 0 saturated heterocycles. The molecule has 0 amide bonds. The van der Waals surface area contributed by atoms with Gasteiger partial charge in [0.15, 0.2) is 5.78 Å².